The lowest BCUT2D eigenvalue weighted by atomic mass is 9.83. The summed E-state index contributed by atoms with van der Waals surface area (Å²) in [4.78, 5) is 265. The Morgan fingerprint density at radius 2 is 1.46 bits per heavy atom. The van der Waals surface area contributed by atoms with Crippen molar-refractivity contribution in [2.45, 2.75) is 204 Å². The second-order valence-corrected chi connectivity index (χ2v) is 36.2. The van der Waals surface area contributed by atoms with Gasteiger partial charge in [-0.2, -0.15) is 4.98 Å². The zero-order valence-electron chi connectivity index (χ0n) is 72.7. The van der Waals surface area contributed by atoms with Gasteiger partial charge < -0.3 is 105 Å². The van der Waals surface area contributed by atoms with Gasteiger partial charge in [0.25, 0.3) is 5.56 Å². The first kappa shape index (κ1) is 103. The van der Waals surface area contributed by atoms with Crippen molar-refractivity contribution in [2.75, 3.05) is 62.4 Å². The van der Waals surface area contributed by atoms with E-state index in [0.717, 1.165) is 22.2 Å². The maximum atomic E-state index is 15.2. The van der Waals surface area contributed by atoms with Gasteiger partial charge in [-0.3, -0.25) is 91.9 Å². The number of nitrogens with two attached hydrogens (primary N) is 3. The lowest BCUT2D eigenvalue weighted by Crippen LogP contribution is -2.57. The van der Waals surface area contributed by atoms with Crippen molar-refractivity contribution < 1.29 is 111 Å². The van der Waals surface area contributed by atoms with Crippen LogP contribution in [0.25, 0.3) is 22.1 Å². The molecule has 1 fully saturated rings. The molecule has 5 aromatic rings. The number of phenols is 1. The number of rotatable bonds is 39. The van der Waals surface area contributed by atoms with E-state index in [9.17, 15) is 102 Å². The molecule has 46 heteroatoms. The molecular weight excluding hydrogens is 1760 g/mol. The number of aromatic hydroxyl groups is 1. The number of hydrogen-bond acceptors (Lipinski definition) is 31. The third kappa shape index (κ3) is 31.0. The summed E-state index contributed by atoms with van der Waals surface area (Å²) in [5.74, 6) is -20.3. The minimum absolute atomic E-state index is 0.0325. The van der Waals surface area contributed by atoms with Crippen molar-refractivity contribution >= 4 is 167 Å². The maximum absolute atomic E-state index is 15.2. The lowest BCUT2D eigenvalue weighted by molar-refractivity contribution is -0.143. The number of amides is 10. The number of aromatic amines is 2. The third-order valence-electron chi connectivity index (χ3n) is 22.6. The van der Waals surface area contributed by atoms with Gasteiger partial charge in [-0.15, -0.1) is 11.8 Å². The Morgan fingerprint density at radius 1 is 0.746 bits per heavy atom. The average molecular weight is 1870 g/mol. The molecule has 0 saturated carbocycles. The quantitative estimate of drug-likeness (QED) is 0.00596. The number of H-pyrrole nitrogens is 2. The molecule has 10 amide bonds. The number of aromatic nitrogens is 5. The topological polar surface area (TPSA) is 690 Å². The second-order valence-electron chi connectivity index (χ2n) is 32.5. The molecule has 22 N–H and O–H groups in total. The van der Waals surface area contributed by atoms with E-state index in [1.807, 2.05) is 0 Å². The number of carboxylic acids is 1. The first-order valence-electron chi connectivity index (χ1n) is 42.5. The van der Waals surface area contributed by atoms with Crippen LogP contribution in [-0.4, -0.2) is 267 Å². The van der Waals surface area contributed by atoms with Gasteiger partial charge in [0.05, 0.1) is 83.6 Å². The number of aliphatic hydroxyl groups is 2. The summed E-state index contributed by atoms with van der Waals surface area (Å²) in [6.07, 6.45) is -6.60. The summed E-state index contributed by atoms with van der Waals surface area (Å²) in [5, 5.41) is 75.1. The molecule has 2 aromatic carbocycles. The molecular formula is C84H113N19O24S3. The van der Waals surface area contributed by atoms with Gasteiger partial charge in [-0.05, 0) is 81.0 Å². The molecule has 706 valence electrons. The fraction of sp³-hybridized carbons (Fsp3) is 0.548. The number of fused-ring (bicyclic) bond motifs is 6. The number of nitrogen functional groups attached to an aromatic ring is 1. The first-order valence-corrected chi connectivity index (χ1v) is 46.0. The van der Waals surface area contributed by atoms with Gasteiger partial charge in [-0.25, -0.2) is 14.8 Å². The van der Waals surface area contributed by atoms with E-state index in [1.165, 1.54) is 73.7 Å². The Bertz CT molecular complexity index is 5080. The van der Waals surface area contributed by atoms with Crippen molar-refractivity contribution in [3.05, 3.63) is 81.4 Å². The number of anilines is 1. The molecule has 2 bridgehead atoms. The average Bonchev–Trinajstić information content (AvgIpc) is 1.63. The number of hydrogen-bond donors (Lipinski definition) is 19. The van der Waals surface area contributed by atoms with Gasteiger partial charge in [0.15, 0.2) is 46.0 Å². The van der Waals surface area contributed by atoms with Crippen LogP contribution in [0.15, 0.2) is 58.5 Å². The summed E-state index contributed by atoms with van der Waals surface area (Å²) in [6, 6.07) is 0.639. The number of aliphatic hydroxyl groups excluding tert-OH is 2. The first-order chi connectivity index (χ1) is 61.7. The van der Waals surface area contributed by atoms with Crippen LogP contribution >= 0.6 is 33.3 Å². The van der Waals surface area contributed by atoms with Gasteiger partial charge in [0.1, 0.15) is 37.1 Å². The zero-order chi connectivity index (χ0) is 95.3. The number of Topliss-reactive ketones (excluding diaryl/α,β-unsaturated/α-hetero) is 5. The van der Waals surface area contributed by atoms with Gasteiger partial charge in [-0.1, -0.05) is 80.0 Å². The van der Waals surface area contributed by atoms with E-state index in [2.05, 4.69) is 72.8 Å². The number of phenolic OH excluding ortho intramolecular Hbond substituents is 1. The number of aliphatic carboxylic acids is 1. The normalized spacial score (nSPS) is 20.4. The summed E-state index contributed by atoms with van der Waals surface area (Å²) >= 11 is 0.922. The SMILES string of the molecule is CCC(C)[C@@H]1NC(=O)CNC(=O)[C@@H]2Cc3c([nH]c4cc(O)ccc34)SC[C@@H](NC(=O)CCC1=O)C(=O)N[C@@H](CC(N)=O)C(=O)N1C[C@H](O)C[C@H]1C(=O)C[C@@H]([C@H](C)[C@@H](O)COC(=O)OCCSSCCNC(=O)[C@H](C)CC(=O)[C@H](C)NC(=O)[C@H](CCCNC(=N)N)CC(=O)[C@H](C)NC(=O)CC[C@H](CC(=O)c1ccc(CCc3cnc4nc(N)[nH]c(=O)c4n3)cc1)C(=O)O)C(=O)N2. The predicted octanol–water partition coefficient (Wildman–Crippen LogP) is -0.362. The molecule has 8 rings (SSSR count). The highest BCUT2D eigenvalue weighted by molar-refractivity contribution is 8.76. The number of ether oxygens (including phenoxy) is 2. The highest BCUT2D eigenvalue weighted by atomic mass is 33.1. The van der Waals surface area contributed by atoms with Crippen LogP contribution in [0, 0.1) is 40.9 Å². The standard InChI is InChI=1S/C84H113N19O24S3/c1-7-40(2)70-60(106)19-21-68(114)96-58-39-128-79-54(52-18-17-50(104)30-55(52)99-79)32-56(76(119)92-36-69(115)100-70)97-75(118)53(33-64(110)59-31-51(105)37-103(59)80(122)57(34-66(85)112)98-77(58)120)42(4)65(111)38-127-84(125)126-24-26-130-129-25-23-89-73(116)41(3)27-61(107)44(6)94-74(117)47(9-8-22-90-82(86)87)28-62(108)43(5)93-67(113)20-15-48(81(123)124)29-63(109)46-13-10-45(11-14-46)12-16-49-35-91-72-71(95-49)78(121)102-83(88)101-72/h10-11,13-14,17-18,30,35,40-44,47-48,51,53,56-59,65,70,99,104-105,111H,7-9,12,15-16,19-29,31-34,36-39H2,1-6H3,(H2,85,112)(H,89,116)(H,92,119)(H,93,113)(H,94,117)(H,96,114)(H,97,118)(H,98,120)(H,100,115)(H,123,124)(H4,86,87,90)(H3,88,91,101,102,121)/t40?,41-,42+,43+,44+,47-,48-,51-,53+,56+,57+,58-,59+,65+,70+/m1/s1. The smallest absolute Gasteiger partial charge is 0.508 e. The number of carboxylic acid groups (broad SMARTS) is 1. The van der Waals surface area contributed by atoms with E-state index in [1.54, 1.807) is 38.1 Å². The Kier molecular flexibility index (Phi) is 39.4. The van der Waals surface area contributed by atoms with Gasteiger partial charge in [0, 0.05) is 124 Å². The van der Waals surface area contributed by atoms with Crippen LogP contribution in [0.4, 0.5) is 10.7 Å². The number of carbonyl (C=O) groups excluding carboxylic acids is 16. The van der Waals surface area contributed by atoms with Crippen molar-refractivity contribution in [2.24, 2.45) is 47.0 Å². The molecule has 3 aliphatic rings. The second kappa shape index (κ2) is 49.6. The molecule has 6 heterocycles. The Labute approximate surface area is 758 Å². The molecule has 1 unspecified atom stereocenters. The maximum Gasteiger partial charge on any atom is 0.508 e. The van der Waals surface area contributed by atoms with E-state index in [0.29, 0.717) is 47.2 Å². The number of ketones is 5. The summed E-state index contributed by atoms with van der Waals surface area (Å²) in [6.45, 7) is 7.02. The molecule has 1 saturated heterocycles. The van der Waals surface area contributed by atoms with E-state index in [-0.39, 0.29) is 103 Å². The molecule has 0 aliphatic carbocycles. The number of nitrogens with zero attached hydrogens (tertiary/aromatic N) is 4. The van der Waals surface area contributed by atoms with Crippen LogP contribution in [0.2, 0.25) is 0 Å². The molecule has 3 aliphatic heterocycles. The third-order valence-corrected chi connectivity index (χ3v) is 26.1. The predicted molar refractivity (Wildman–Crippen MR) is 474 cm³/mol. The molecule has 3 aromatic heterocycles. The molecule has 15 atom stereocenters. The number of primary amides is 1. The molecule has 0 spiro atoms. The zero-order valence-corrected chi connectivity index (χ0v) is 75.1. The summed E-state index contributed by atoms with van der Waals surface area (Å²) < 4.78 is 10.5. The highest BCUT2D eigenvalue weighted by Gasteiger charge is 2.46. The minimum Gasteiger partial charge on any atom is -0.508 e. The molecule has 43 nitrogen and oxygen atoms in total. The Morgan fingerprint density at radius 3 is 2.17 bits per heavy atom. The number of aryl methyl sites for hydroxylation is 2. The van der Waals surface area contributed by atoms with E-state index >= 15 is 4.79 Å². The molecule has 0 radical (unpaired) electrons. The van der Waals surface area contributed by atoms with Crippen LogP contribution in [0.3, 0.4) is 0 Å². The number of carbonyl (C=O) groups is 17. The van der Waals surface area contributed by atoms with Gasteiger partial charge >= 0.3 is 12.1 Å². The van der Waals surface area contributed by atoms with Crippen molar-refractivity contribution in [3.63, 3.8) is 0 Å². The molecule has 130 heavy (non-hydrogen) atoms. The fourth-order valence-corrected chi connectivity index (χ4v) is 17.7. The van der Waals surface area contributed by atoms with Crippen LogP contribution in [-0.2, 0) is 101 Å². The number of benzene rings is 2. The van der Waals surface area contributed by atoms with Crippen LogP contribution < -0.4 is 70.6 Å². The fourth-order valence-electron chi connectivity index (χ4n) is 14.8. The Hall–Kier alpha value is -12.2. The van der Waals surface area contributed by atoms with Crippen LogP contribution in [0.1, 0.15) is 152 Å². The van der Waals surface area contributed by atoms with E-state index < -0.39 is 267 Å². The van der Waals surface area contributed by atoms with Crippen molar-refractivity contribution in [3.8, 4) is 5.75 Å². The van der Waals surface area contributed by atoms with Crippen molar-refractivity contribution in [1.82, 2.24) is 77.7 Å². The van der Waals surface area contributed by atoms with Crippen molar-refractivity contribution in [1.29, 1.82) is 5.41 Å². The summed E-state index contributed by atoms with van der Waals surface area (Å²) in [5.41, 5.74) is 18.4. The van der Waals surface area contributed by atoms with E-state index in [4.69, 9.17) is 32.1 Å². The van der Waals surface area contributed by atoms with Gasteiger partial charge in [0.2, 0.25) is 65.0 Å². The minimum atomic E-state index is -1.82. The lowest BCUT2D eigenvalue weighted by Gasteiger charge is -2.32. The number of nitrogens with one attached hydrogen (secondary N) is 12. The monoisotopic (exact) mass is 1870 g/mol. The summed E-state index contributed by atoms with van der Waals surface area (Å²) in [7, 11) is 2.52. The number of guanidine groups is 1. The Balaban J connectivity index is 0.809. The van der Waals surface area contributed by atoms with Crippen LogP contribution in [0.5, 0.6) is 5.75 Å². The number of thioether (sulfide) groups is 1. The highest BCUT2D eigenvalue weighted by Crippen LogP contribution is 2.35. The largest absolute Gasteiger partial charge is 0.508 e.